The second-order valence-electron chi connectivity index (χ2n) is 3.46. The van der Waals surface area contributed by atoms with E-state index in [0.717, 1.165) is 5.70 Å². The van der Waals surface area contributed by atoms with Gasteiger partial charge in [0.15, 0.2) is 0 Å². The van der Waals surface area contributed by atoms with Gasteiger partial charge in [0.25, 0.3) is 0 Å². The molecular formula is C13H19N. The Bertz CT molecular complexity index is 329. The normalized spacial score (nSPS) is 27.9. The average molecular weight is 191 g/mol. The van der Waals surface area contributed by atoms with Gasteiger partial charge in [0.05, 0.1) is 6.04 Å². The summed E-state index contributed by atoms with van der Waals surface area (Å²) in [6.45, 7) is 6.96. The third-order valence-electron chi connectivity index (χ3n) is 2.22. The van der Waals surface area contributed by atoms with Gasteiger partial charge < -0.3 is 4.90 Å². The first-order chi connectivity index (χ1) is 7.57. The number of nitrogens with zero attached hydrogens (tertiary/aromatic N) is 1. The zero-order valence-corrected chi connectivity index (χ0v) is 8.85. The van der Waals surface area contributed by atoms with E-state index in [9.17, 15) is 0 Å². The third kappa shape index (κ3) is 2.38. The van der Waals surface area contributed by atoms with Crippen molar-refractivity contribution in [2.75, 3.05) is 0 Å². The van der Waals surface area contributed by atoms with Gasteiger partial charge in [0.2, 0.25) is 0 Å². The molecule has 0 aromatic carbocycles. The third-order valence-corrected chi connectivity index (χ3v) is 2.22. The standard InChI is InChI=1S/C13H19N/c1-5-10-14(11(2)3)13-9-7-6-8-12(13)4/h5-10,12-13H,2H2,1,3-4H3/b10-5+/i4D2. The summed E-state index contributed by atoms with van der Waals surface area (Å²) in [4.78, 5) is 2.01. The van der Waals surface area contributed by atoms with Crippen molar-refractivity contribution >= 4 is 0 Å². The van der Waals surface area contributed by atoms with Gasteiger partial charge in [-0.15, -0.1) is 0 Å². The first-order valence-corrected chi connectivity index (χ1v) is 4.84. The van der Waals surface area contributed by atoms with Crippen molar-refractivity contribution in [2.45, 2.75) is 26.8 Å². The van der Waals surface area contributed by atoms with E-state index in [1.54, 1.807) is 0 Å². The minimum Gasteiger partial charge on any atom is -0.345 e. The quantitative estimate of drug-likeness (QED) is 0.660. The van der Waals surface area contributed by atoms with Gasteiger partial charge in [0, 0.05) is 14.6 Å². The molecule has 0 radical (unpaired) electrons. The topological polar surface area (TPSA) is 3.24 Å². The Morgan fingerprint density at radius 1 is 1.50 bits per heavy atom. The summed E-state index contributed by atoms with van der Waals surface area (Å²) < 4.78 is 15.1. The molecule has 1 nitrogen and oxygen atoms in total. The molecule has 0 amide bonds. The monoisotopic (exact) mass is 191 g/mol. The van der Waals surface area contributed by atoms with Crippen LogP contribution in [0.2, 0.25) is 0 Å². The molecule has 0 aromatic heterocycles. The summed E-state index contributed by atoms with van der Waals surface area (Å²) in [5.41, 5.74) is 0.925. The fraction of sp³-hybridized carbons (Fsp3) is 0.385. The van der Waals surface area contributed by atoms with Crippen LogP contribution in [0.15, 0.2) is 48.9 Å². The van der Waals surface area contributed by atoms with E-state index < -0.39 is 6.88 Å². The maximum atomic E-state index is 7.57. The summed E-state index contributed by atoms with van der Waals surface area (Å²) in [5, 5.41) is 0. The fourth-order valence-corrected chi connectivity index (χ4v) is 1.53. The van der Waals surface area contributed by atoms with Gasteiger partial charge >= 0.3 is 0 Å². The molecule has 0 N–H and O–H groups in total. The molecule has 76 valence electrons. The van der Waals surface area contributed by atoms with Crippen molar-refractivity contribution in [3.05, 3.63) is 48.9 Å². The number of rotatable bonds is 3. The van der Waals surface area contributed by atoms with Crippen LogP contribution < -0.4 is 0 Å². The molecule has 2 atom stereocenters. The maximum absolute atomic E-state index is 7.57. The molecule has 0 bridgehead atoms. The summed E-state index contributed by atoms with van der Waals surface area (Å²) in [5.74, 6) is -0.113. The molecule has 2 unspecified atom stereocenters. The molecular weight excluding hydrogens is 170 g/mol. The first kappa shape index (κ1) is 8.10. The lowest BCUT2D eigenvalue weighted by Crippen LogP contribution is -2.33. The Balaban J connectivity index is 2.94. The smallest absolute Gasteiger partial charge is 0.0575 e. The molecule has 0 saturated heterocycles. The highest BCUT2D eigenvalue weighted by molar-refractivity contribution is 5.20. The molecule has 0 aliphatic heterocycles. The van der Waals surface area contributed by atoms with Crippen molar-refractivity contribution in [3.8, 4) is 0 Å². The molecule has 0 fully saturated rings. The van der Waals surface area contributed by atoms with Crippen molar-refractivity contribution in [1.29, 1.82) is 0 Å². The lowest BCUT2D eigenvalue weighted by Gasteiger charge is -2.33. The Kier molecular flexibility index (Phi) is 2.80. The van der Waals surface area contributed by atoms with Crippen molar-refractivity contribution in [2.24, 2.45) is 5.92 Å². The van der Waals surface area contributed by atoms with Gasteiger partial charge in [-0.25, -0.2) is 0 Å². The Labute approximate surface area is 89.9 Å². The van der Waals surface area contributed by atoms with Crippen LogP contribution in [0.3, 0.4) is 0 Å². The lowest BCUT2D eigenvalue weighted by molar-refractivity contribution is 0.337. The van der Waals surface area contributed by atoms with Crippen LogP contribution in [-0.2, 0) is 0 Å². The molecule has 14 heavy (non-hydrogen) atoms. The van der Waals surface area contributed by atoms with Gasteiger partial charge in [-0.1, -0.05) is 43.8 Å². The predicted molar refractivity (Wildman–Crippen MR) is 62.7 cm³/mol. The summed E-state index contributed by atoms with van der Waals surface area (Å²) in [6, 6.07) is 0.0266. The van der Waals surface area contributed by atoms with E-state index in [1.807, 2.05) is 55.3 Å². The van der Waals surface area contributed by atoms with Crippen LogP contribution in [0.1, 0.15) is 23.5 Å². The van der Waals surface area contributed by atoms with Crippen LogP contribution in [-0.4, -0.2) is 10.9 Å². The first-order valence-electron chi connectivity index (χ1n) is 5.99. The molecule has 1 heteroatoms. The van der Waals surface area contributed by atoms with Crippen LogP contribution >= 0.6 is 0 Å². The van der Waals surface area contributed by atoms with E-state index in [1.165, 1.54) is 0 Å². The highest BCUT2D eigenvalue weighted by atomic mass is 15.1. The van der Waals surface area contributed by atoms with Crippen LogP contribution in [0, 0.1) is 5.92 Å². The fourth-order valence-electron chi connectivity index (χ4n) is 1.53. The Hall–Kier alpha value is -1.24. The van der Waals surface area contributed by atoms with Crippen molar-refractivity contribution < 1.29 is 2.74 Å². The van der Waals surface area contributed by atoms with E-state index in [4.69, 9.17) is 2.74 Å². The molecule has 1 aliphatic carbocycles. The Morgan fingerprint density at radius 2 is 2.21 bits per heavy atom. The maximum Gasteiger partial charge on any atom is 0.0575 e. The summed E-state index contributed by atoms with van der Waals surface area (Å²) >= 11 is 0. The van der Waals surface area contributed by atoms with Gasteiger partial charge in [-0.3, -0.25) is 0 Å². The predicted octanol–water partition coefficient (Wildman–Crippen LogP) is 3.49. The SMILES string of the molecule is [2H]C([2H])C1C=CC=CC1N(/C=C/C)C(=C)C. The average Bonchev–Trinajstić information content (AvgIpc) is 2.25. The number of allylic oxidation sites excluding steroid dienone is 4. The van der Waals surface area contributed by atoms with E-state index in [2.05, 4.69) is 6.58 Å². The minimum absolute atomic E-state index is 0.0266. The molecule has 1 aliphatic rings. The van der Waals surface area contributed by atoms with Crippen molar-refractivity contribution in [3.63, 3.8) is 0 Å². The highest BCUT2D eigenvalue weighted by Crippen LogP contribution is 2.21. The molecule has 0 spiro atoms. The van der Waals surface area contributed by atoms with E-state index in [-0.39, 0.29) is 12.0 Å². The van der Waals surface area contributed by atoms with Gasteiger partial charge in [-0.05, 0) is 19.8 Å². The van der Waals surface area contributed by atoms with Gasteiger partial charge in [0.1, 0.15) is 0 Å². The largest absolute Gasteiger partial charge is 0.345 e. The van der Waals surface area contributed by atoms with E-state index >= 15 is 0 Å². The minimum atomic E-state index is -0.863. The van der Waals surface area contributed by atoms with Crippen LogP contribution in [0.25, 0.3) is 0 Å². The molecule has 0 saturated carbocycles. The lowest BCUT2D eigenvalue weighted by atomic mass is 9.95. The molecule has 1 rings (SSSR count). The van der Waals surface area contributed by atoms with Gasteiger partial charge in [-0.2, -0.15) is 0 Å². The highest BCUT2D eigenvalue weighted by Gasteiger charge is 2.19. The zero-order valence-electron chi connectivity index (χ0n) is 10.9. The van der Waals surface area contributed by atoms with Crippen molar-refractivity contribution in [1.82, 2.24) is 4.90 Å². The molecule has 0 aromatic rings. The van der Waals surface area contributed by atoms with Crippen LogP contribution in [0.4, 0.5) is 0 Å². The van der Waals surface area contributed by atoms with Crippen LogP contribution in [0.5, 0.6) is 0 Å². The second kappa shape index (κ2) is 4.85. The zero-order chi connectivity index (χ0) is 12.1. The summed E-state index contributed by atoms with van der Waals surface area (Å²) in [7, 11) is 0. The second-order valence-corrected chi connectivity index (χ2v) is 3.46. The number of hydrogen-bond donors (Lipinski definition) is 0. The number of hydrogen-bond acceptors (Lipinski definition) is 1. The molecule has 0 heterocycles. The summed E-state index contributed by atoms with van der Waals surface area (Å²) in [6.07, 6.45) is 11.7. The Morgan fingerprint density at radius 3 is 2.79 bits per heavy atom. The van der Waals surface area contributed by atoms with E-state index in [0.29, 0.717) is 0 Å².